The lowest BCUT2D eigenvalue weighted by atomic mass is 10.1. The zero-order valence-electron chi connectivity index (χ0n) is 12.2. The topological polar surface area (TPSA) is 41.6 Å². The molecule has 2 aliphatic rings. The van der Waals surface area contributed by atoms with Gasteiger partial charge in [0.25, 0.3) is 0 Å². The van der Waals surface area contributed by atoms with Crippen LogP contribution in [-0.2, 0) is 11.2 Å². The number of fused-ring (bicyclic) bond motifs is 1. The maximum Gasteiger partial charge on any atom is 0.239 e. The highest BCUT2D eigenvalue weighted by atomic mass is 16.5. The number of carbonyl (C=O) groups is 1. The Morgan fingerprint density at radius 1 is 1.45 bits per heavy atom. The van der Waals surface area contributed by atoms with E-state index in [1.165, 1.54) is 11.1 Å². The zero-order chi connectivity index (χ0) is 14.1. The van der Waals surface area contributed by atoms with E-state index in [0.717, 1.165) is 31.7 Å². The number of amides is 1. The summed E-state index contributed by atoms with van der Waals surface area (Å²) < 4.78 is 5.97. The van der Waals surface area contributed by atoms with Crippen molar-refractivity contribution in [3.05, 3.63) is 29.3 Å². The Bertz CT molecular complexity index is 515. The van der Waals surface area contributed by atoms with Gasteiger partial charge in [0.1, 0.15) is 11.9 Å². The van der Waals surface area contributed by atoms with Crippen molar-refractivity contribution in [2.45, 2.75) is 38.8 Å². The minimum atomic E-state index is -0.0187. The van der Waals surface area contributed by atoms with Gasteiger partial charge in [-0.1, -0.05) is 24.6 Å². The number of benzene rings is 1. The van der Waals surface area contributed by atoms with E-state index in [9.17, 15) is 4.79 Å². The molecule has 0 aliphatic carbocycles. The van der Waals surface area contributed by atoms with Crippen LogP contribution in [0, 0.1) is 6.92 Å². The number of piperazine rings is 1. The van der Waals surface area contributed by atoms with Crippen LogP contribution in [0.1, 0.15) is 24.5 Å². The van der Waals surface area contributed by atoms with Crippen molar-refractivity contribution < 1.29 is 9.53 Å². The lowest BCUT2D eigenvalue weighted by Gasteiger charge is -2.34. The molecule has 4 nitrogen and oxygen atoms in total. The Labute approximate surface area is 120 Å². The van der Waals surface area contributed by atoms with Crippen molar-refractivity contribution in [3.8, 4) is 5.75 Å². The number of hydrogen-bond donors (Lipinski definition) is 1. The molecule has 20 heavy (non-hydrogen) atoms. The van der Waals surface area contributed by atoms with Gasteiger partial charge in [-0.3, -0.25) is 4.79 Å². The zero-order valence-corrected chi connectivity index (χ0v) is 12.2. The fourth-order valence-corrected chi connectivity index (χ4v) is 3.09. The molecule has 1 aromatic carbocycles. The van der Waals surface area contributed by atoms with E-state index in [2.05, 4.69) is 24.4 Å². The van der Waals surface area contributed by atoms with Gasteiger partial charge >= 0.3 is 0 Å². The van der Waals surface area contributed by atoms with Gasteiger partial charge in [-0.25, -0.2) is 0 Å². The third kappa shape index (κ3) is 2.52. The van der Waals surface area contributed by atoms with E-state index in [1.807, 2.05) is 17.9 Å². The SMILES string of the molecule is CCC1NCCN(CC2Cc3cc(C)ccc3O2)C1=O. The highest BCUT2D eigenvalue weighted by Crippen LogP contribution is 2.30. The Kier molecular flexibility index (Phi) is 3.66. The summed E-state index contributed by atoms with van der Waals surface area (Å²) in [6.45, 7) is 6.50. The van der Waals surface area contributed by atoms with Gasteiger partial charge in [0.2, 0.25) is 5.91 Å². The molecule has 0 spiro atoms. The molecule has 2 atom stereocenters. The molecular weight excluding hydrogens is 252 g/mol. The molecule has 1 fully saturated rings. The minimum Gasteiger partial charge on any atom is -0.488 e. The van der Waals surface area contributed by atoms with Crippen molar-refractivity contribution in [1.82, 2.24) is 10.2 Å². The van der Waals surface area contributed by atoms with Crippen LogP contribution in [-0.4, -0.2) is 42.6 Å². The van der Waals surface area contributed by atoms with Crippen LogP contribution in [0.4, 0.5) is 0 Å². The number of hydrogen-bond acceptors (Lipinski definition) is 3. The molecule has 2 unspecified atom stereocenters. The van der Waals surface area contributed by atoms with E-state index in [0.29, 0.717) is 6.54 Å². The second kappa shape index (κ2) is 5.44. The second-order valence-electron chi connectivity index (χ2n) is 5.75. The number of nitrogens with zero attached hydrogens (tertiary/aromatic N) is 1. The average molecular weight is 274 g/mol. The van der Waals surface area contributed by atoms with Crippen molar-refractivity contribution in [3.63, 3.8) is 0 Å². The second-order valence-corrected chi connectivity index (χ2v) is 5.75. The van der Waals surface area contributed by atoms with Crippen LogP contribution in [0.3, 0.4) is 0 Å². The molecule has 0 radical (unpaired) electrons. The van der Waals surface area contributed by atoms with E-state index in [4.69, 9.17) is 4.74 Å². The Balaban J connectivity index is 1.64. The maximum atomic E-state index is 12.3. The standard InChI is InChI=1S/C16H22N2O2/c1-3-14-16(19)18(7-6-17-14)10-13-9-12-8-11(2)4-5-15(12)20-13/h4-5,8,13-14,17H,3,6-7,9-10H2,1-2H3. The Morgan fingerprint density at radius 3 is 3.10 bits per heavy atom. The summed E-state index contributed by atoms with van der Waals surface area (Å²) in [7, 11) is 0. The van der Waals surface area contributed by atoms with E-state index < -0.39 is 0 Å². The summed E-state index contributed by atoms with van der Waals surface area (Å²) in [6.07, 6.45) is 1.86. The molecule has 0 saturated carbocycles. The van der Waals surface area contributed by atoms with Gasteiger partial charge < -0.3 is 15.0 Å². The fourth-order valence-electron chi connectivity index (χ4n) is 3.09. The summed E-state index contributed by atoms with van der Waals surface area (Å²) >= 11 is 0. The highest BCUT2D eigenvalue weighted by Gasteiger charge is 2.31. The van der Waals surface area contributed by atoms with Gasteiger partial charge in [-0.15, -0.1) is 0 Å². The van der Waals surface area contributed by atoms with Crippen molar-refractivity contribution >= 4 is 5.91 Å². The smallest absolute Gasteiger partial charge is 0.239 e. The predicted molar refractivity (Wildman–Crippen MR) is 78.0 cm³/mol. The molecule has 108 valence electrons. The Morgan fingerprint density at radius 2 is 2.30 bits per heavy atom. The first-order valence-electron chi connectivity index (χ1n) is 7.45. The van der Waals surface area contributed by atoms with Gasteiger partial charge in [0.05, 0.1) is 12.6 Å². The first kappa shape index (κ1) is 13.4. The van der Waals surface area contributed by atoms with E-state index in [-0.39, 0.29) is 18.1 Å². The van der Waals surface area contributed by atoms with Crippen LogP contribution < -0.4 is 10.1 Å². The van der Waals surface area contributed by atoms with Crippen LogP contribution in [0.5, 0.6) is 5.75 Å². The summed E-state index contributed by atoms with van der Waals surface area (Å²) in [6, 6.07) is 6.28. The van der Waals surface area contributed by atoms with Crippen LogP contribution in [0.25, 0.3) is 0 Å². The molecular formula is C16H22N2O2. The van der Waals surface area contributed by atoms with Gasteiger partial charge in [-0.05, 0) is 25.0 Å². The number of nitrogens with one attached hydrogen (secondary N) is 1. The first-order valence-corrected chi connectivity index (χ1v) is 7.45. The summed E-state index contributed by atoms with van der Waals surface area (Å²) in [5, 5.41) is 3.27. The number of ether oxygens (including phenoxy) is 1. The third-order valence-electron chi connectivity index (χ3n) is 4.17. The summed E-state index contributed by atoms with van der Waals surface area (Å²) in [5.74, 6) is 1.20. The molecule has 1 saturated heterocycles. The van der Waals surface area contributed by atoms with Crippen LogP contribution >= 0.6 is 0 Å². The summed E-state index contributed by atoms with van der Waals surface area (Å²) in [4.78, 5) is 14.2. The molecule has 2 aliphatic heterocycles. The maximum absolute atomic E-state index is 12.3. The molecule has 1 aromatic rings. The summed E-state index contributed by atoms with van der Waals surface area (Å²) in [5.41, 5.74) is 2.53. The van der Waals surface area contributed by atoms with Gasteiger partial charge in [-0.2, -0.15) is 0 Å². The molecule has 4 heteroatoms. The Hall–Kier alpha value is -1.55. The fraction of sp³-hybridized carbons (Fsp3) is 0.562. The average Bonchev–Trinajstić information content (AvgIpc) is 2.82. The third-order valence-corrected chi connectivity index (χ3v) is 4.17. The lowest BCUT2D eigenvalue weighted by Crippen LogP contribution is -2.56. The van der Waals surface area contributed by atoms with Crippen LogP contribution in [0.2, 0.25) is 0 Å². The van der Waals surface area contributed by atoms with Crippen molar-refractivity contribution in [1.29, 1.82) is 0 Å². The number of aryl methyl sites for hydroxylation is 1. The largest absolute Gasteiger partial charge is 0.488 e. The van der Waals surface area contributed by atoms with Crippen molar-refractivity contribution in [2.75, 3.05) is 19.6 Å². The molecule has 1 N–H and O–H groups in total. The van der Waals surface area contributed by atoms with E-state index >= 15 is 0 Å². The highest BCUT2D eigenvalue weighted by molar-refractivity contribution is 5.82. The number of rotatable bonds is 3. The predicted octanol–water partition coefficient (Wildman–Crippen LogP) is 1.51. The molecule has 3 rings (SSSR count). The first-order chi connectivity index (χ1) is 9.67. The molecule has 2 heterocycles. The number of carbonyl (C=O) groups excluding carboxylic acids is 1. The van der Waals surface area contributed by atoms with Gasteiger partial charge in [0.15, 0.2) is 0 Å². The van der Waals surface area contributed by atoms with Crippen LogP contribution in [0.15, 0.2) is 18.2 Å². The molecule has 0 aromatic heterocycles. The monoisotopic (exact) mass is 274 g/mol. The lowest BCUT2D eigenvalue weighted by molar-refractivity contribution is -0.136. The quantitative estimate of drug-likeness (QED) is 0.908. The molecule has 1 amide bonds. The normalized spacial score (nSPS) is 25.5. The van der Waals surface area contributed by atoms with E-state index in [1.54, 1.807) is 0 Å². The van der Waals surface area contributed by atoms with Gasteiger partial charge in [0, 0.05) is 19.5 Å². The van der Waals surface area contributed by atoms with Crippen molar-refractivity contribution in [2.24, 2.45) is 0 Å². The minimum absolute atomic E-state index is 0.0187. The molecule has 0 bridgehead atoms.